The number of fused-ring (bicyclic) bond motifs is 1. The Bertz CT molecular complexity index is 2070. The van der Waals surface area contributed by atoms with Crippen molar-refractivity contribution in [1.82, 2.24) is 15.2 Å². The molecule has 6 N–H and O–H groups in total. The van der Waals surface area contributed by atoms with E-state index in [4.69, 9.17) is 10.6 Å². The number of allylic oxidation sites excluding steroid dienone is 1. The Labute approximate surface area is 311 Å². The molecule has 4 aliphatic rings. The number of hydrogen-bond donors (Lipinski definition) is 5. The minimum absolute atomic E-state index is 0.0279. The van der Waals surface area contributed by atoms with Crippen LogP contribution in [0.25, 0.3) is 0 Å². The number of aromatic nitrogens is 2. The van der Waals surface area contributed by atoms with Gasteiger partial charge in [-0.25, -0.2) is 9.78 Å². The van der Waals surface area contributed by atoms with Crippen LogP contribution in [0.15, 0.2) is 82.2 Å². The van der Waals surface area contributed by atoms with Crippen LogP contribution >= 0.6 is 23.1 Å². The highest BCUT2D eigenvalue weighted by atomic mass is 32.2. The second-order valence-electron chi connectivity index (χ2n) is 12.8. The molecule has 0 bridgehead atoms. The Hall–Kier alpha value is -5.75. The molecule has 274 valence electrons. The van der Waals surface area contributed by atoms with Crippen molar-refractivity contribution in [2.24, 2.45) is 5.16 Å². The van der Waals surface area contributed by atoms with Crippen LogP contribution in [0.5, 0.6) is 5.75 Å². The van der Waals surface area contributed by atoms with E-state index in [1.54, 1.807) is 51.5 Å². The highest BCUT2D eigenvalue weighted by Gasteiger charge is 2.54. The number of benzene rings is 1. The number of carbonyl (C=O) groups is 5. The number of phenols is 1. The van der Waals surface area contributed by atoms with E-state index in [2.05, 4.69) is 20.8 Å². The number of thioether (sulfide) groups is 1. The number of β-lactam (4-membered cyclic amide) rings is 1. The van der Waals surface area contributed by atoms with Crippen LogP contribution < -0.4 is 25.8 Å². The SMILES string of the molecule is Nc1nc(/C(=N/OC2CCCC2)C(=O)N[C@@H]2C(=O)N3C(C(=O)O)=C(C=C4CCN(c5ccc[n+](CC(=O)Nc6ccc(O)cc6)c5)C4=O)CS[C@H]23)cs1. The van der Waals surface area contributed by atoms with E-state index in [9.17, 15) is 34.2 Å². The predicted octanol–water partition coefficient (Wildman–Crippen LogP) is 2.12. The first-order valence-electron chi connectivity index (χ1n) is 16.8. The number of nitrogen functional groups attached to an aromatic ring is 1. The number of pyridine rings is 1. The highest BCUT2D eigenvalue weighted by molar-refractivity contribution is 8.00. The summed E-state index contributed by atoms with van der Waals surface area (Å²) >= 11 is 2.40. The van der Waals surface area contributed by atoms with Crippen LogP contribution in [0.3, 0.4) is 0 Å². The Kier molecular flexibility index (Phi) is 10.1. The number of nitrogens with two attached hydrogens (primary N) is 1. The van der Waals surface area contributed by atoms with Crippen molar-refractivity contribution in [1.29, 1.82) is 0 Å². The van der Waals surface area contributed by atoms with Gasteiger partial charge in [0.2, 0.25) is 6.54 Å². The molecule has 1 saturated carbocycles. The van der Waals surface area contributed by atoms with Crippen molar-refractivity contribution in [2.45, 2.75) is 56.2 Å². The lowest BCUT2D eigenvalue weighted by Gasteiger charge is -2.49. The van der Waals surface area contributed by atoms with E-state index < -0.39 is 29.2 Å². The van der Waals surface area contributed by atoms with Crippen molar-refractivity contribution >= 4 is 74.9 Å². The minimum atomic E-state index is -1.33. The van der Waals surface area contributed by atoms with Gasteiger partial charge in [0.25, 0.3) is 23.6 Å². The van der Waals surface area contributed by atoms with Gasteiger partial charge in [0.1, 0.15) is 40.3 Å². The number of nitrogens with zero attached hydrogens (tertiary/aromatic N) is 5. The smallest absolute Gasteiger partial charge is 0.352 e. The van der Waals surface area contributed by atoms with Crippen LogP contribution in [-0.2, 0) is 35.4 Å². The van der Waals surface area contributed by atoms with Crippen molar-refractivity contribution in [3.63, 3.8) is 0 Å². The van der Waals surface area contributed by atoms with E-state index >= 15 is 0 Å². The largest absolute Gasteiger partial charge is 0.508 e. The molecule has 1 aliphatic carbocycles. The summed E-state index contributed by atoms with van der Waals surface area (Å²) in [5.41, 5.74) is 7.40. The third-order valence-corrected chi connectivity index (χ3v) is 11.1. The molecule has 16 nitrogen and oxygen atoms in total. The van der Waals surface area contributed by atoms with Crippen LogP contribution in [0.2, 0.25) is 0 Å². The summed E-state index contributed by atoms with van der Waals surface area (Å²) in [5, 5.41) is 30.4. The summed E-state index contributed by atoms with van der Waals surface area (Å²) in [7, 11) is 0. The Morgan fingerprint density at radius 2 is 1.92 bits per heavy atom. The number of amides is 4. The van der Waals surface area contributed by atoms with Gasteiger partial charge >= 0.3 is 5.97 Å². The number of aromatic hydroxyl groups is 1. The number of carboxylic acid groups (broad SMARTS) is 1. The van der Waals surface area contributed by atoms with Gasteiger partial charge < -0.3 is 36.3 Å². The fraction of sp³-hybridized carbons (Fsp3) is 0.314. The summed E-state index contributed by atoms with van der Waals surface area (Å²) < 4.78 is 1.64. The lowest BCUT2D eigenvalue weighted by molar-refractivity contribution is -0.683. The van der Waals surface area contributed by atoms with Crippen LogP contribution in [0.4, 0.5) is 16.5 Å². The van der Waals surface area contributed by atoms with Gasteiger partial charge in [0.05, 0.1) is 0 Å². The second kappa shape index (κ2) is 15.1. The highest BCUT2D eigenvalue weighted by Crippen LogP contribution is 2.41. The van der Waals surface area contributed by atoms with Crippen molar-refractivity contribution < 1.29 is 43.6 Å². The number of carbonyl (C=O) groups excluding carboxylic acids is 4. The maximum absolute atomic E-state index is 13.6. The fourth-order valence-corrected chi connectivity index (χ4v) is 8.42. The fourth-order valence-electron chi connectivity index (χ4n) is 6.57. The summed E-state index contributed by atoms with van der Waals surface area (Å²) in [5.74, 6) is -3.01. The number of rotatable bonds is 11. The van der Waals surface area contributed by atoms with Gasteiger partial charge in [-0.15, -0.1) is 23.1 Å². The zero-order chi connectivity index (χ0) is 37.2. The molecule has 53 heavy (non-hydrogen) atoms. The first-order valence-corrected chi connectivity index (χ1v) is 18.8. The first kappa shape index (κ1) is 35.6. The maximum Gasteiger partial charge on any atom is 0.352 e. The normalized spacial score (nSPS) is 21.1. The molecule has 5 heterocycles. The van der Waals surface area contributed by atoms with E-state index in [-0.39, 0.29) is 58.2 Å². The molecule has 18 heteroatoms. The molecule has 2 saturated heterocycles. The molecule has 7 rings (SSSR count). The molecular weight excluding hydrogens is 725 g/mol. The Morgan fingerprint density at radius 1 is 1.15 bits per heavy atom. The molecule has 3 aliphatic heterocycles. The number of anilines is 3. The van der Waals surface area contributed by atoms with E-state index in [0.29, 0.717) is 35.5 Å². The predicted molar refractivity (Wildman–Crippen MR) is 195 cm³/mol. The zero-order valence-electron chi connectivity index (χ0n) is 28.1. The summed E-state index contributed by atoms with van der Waals surface area (Å²) in [6.45, 7) is 0.301. The van der Waals surface area contributed by atoms with Crippen LogP contribution in [-0.4, -0.2) is 85.2 Å². The molecule has 0 spiro atoms. The molecule has 0 unspecified atom stereocenters. The quantitative estimate of drug-likeness (QED) is 0.0476. The van der Waals surface area contributed by atoms with Crippen molar-refractivity contribution in [3.8, 4) is 5.75 Å². The molecule has 3 aromatic rings. The molecule has 4 amide bonds. The number of phenolic OH excluding ortho intramolecular Hbond substituents is 1. The molecule has 1 aromatic carbocycles. The first-order chi connectivity index (χ1) is 25.5. The average Bonchev–Trinajstić information content (AvgIpc) is 3.90. The lowest BCUT2D eigenvalue weighted by atomic mass is 10.0. The number of thiazole rings is 1. The zero-order valence-corrected chi connectivity index (χ0v) is 29.8. The van der Waals surface area contributed by atoms with Gasteiger partial charge in [-0.3, -0.25) is 24.1 Å². The molecule has 2 aromatic heterocycles. The summed E-state index contributed by atoms with van der Waals surface area (Å²) in [6.07, 6.45) is 8.74. The van der Waals surface area contributed by atoms with E-state index in [1.807, 2.05) is 0 Å². The maximum atomic E-state index is 13.6. The second-order valence-corrected chi connectivity index (χ2v) is 14.8. The number of hydrogen-bond acceptors (Lipinski definition) is 12. The van der Waals surface area contributed by atoms with E-state index in [1.165, 1.54) is 30.0 Å². The summed E-state index contributed by atoms with van der Waals surface area (Å²) in [4.78, 5) is 78.1. The van der Waals surface area contributed by atoms with Gasteiger partial charge in [0.15, 0.2) is 23.2 Å². The molecule has 2 atom stereocenters. The van der Waals surface area contributed by atoms with Gasteiger partial charge in [-0.05, 0) is 74.1 Å². The lowest BCUT2D eigenvalue weighted by Crippen LogP contribution is -2.71. The molecular formula is C35H35N8O8S2+. The average molecular weight is 760 g/mol. The van der Waals surface area contributed by atoms with Crippen LogP contribution in [0.1, 0.15) is 37.8 Å². The Balaban J connectivity index is 1.03. The van der Waals surface area contributed by atoms with Gasteiger partial charge in [0, 0.05) is 35.0 Å². The van der Waals surface area contributed by atoms with Crippen LogP contribution in [0, 0.1) is 0 Å². The van der Waals surface area contributed by atoms with Gasteiger partial charge in [-0.2, -0.15) is 4.57 Å². The molecule has 0 radical (unpaired) electrons. The monoisotopic (exact) mass is 759 g/mol. The topological polar surface area (TPSA) is 221 Å². The van der Waals surface area contributed by atoms with Gasteiger partial charge in [-0.1, -0.05) is 5.16 Å². The van der Waals surface area contributed by atoms with E-state index in [0.717, 1.165) is 41.9 Å². The number of oxime groups is 1. The third kappa shape index (κ3) is 7.59. The van der Waals surface area contributed by atoms with Crippen molar-refractivity contribution in [3.05, 3.63) is 82.8 Å². The molecule has 3 fully saturated rings. The van der Waals surface area contributed by atoms with Crippen molar-refractivity contribution in [2.75, 3.05) is 28.2 Å². The summed E-state index contributed by atoms with van der Waals surface area (Å²) in [6, 6.07) is 8.52. The number of nitrogens with one attached hydrogen (secondary N) is 2. The standard InChI is InChI=1S/C35H34N8O8S2/c36-35-38-25(18-53-35)27(40-51-24-5-1-2-6-24)30(46)39-28-32(48)43-29(34(49)50)20(17-52-33(28)43)14-19-11-13-42(31(19)47)22-4-3-12-41(15-22)16-26(45)37-21-7-9-23(44)10-8-21/h3-4,7-10,12,14-15,18,24,28,33H,1-2,5-6,11,13,16-17H2,(H5-,36,37,38,39,40,44,45,46,49,50)/p+1/t28-,33-/m1/s1. The number of carboxylic acids is 1. The minimum Gasteiger partial charge on any atom is -0.508 e. The third-order valence-electron chi connectivity index (χ3n) is 9.17. The number of aliphatic carboxylic acids is 1. The Morgan fingerprint density at radius 3 is 2.64 bits per heavy atom.